The molecule has 0 aliphatic rings. The minimum atomic E-state index is -0.310. The smallest absolute Gasteiger partial charge is 0.302 e. The van der Waals surface area contributed by atoms with E-state index in [9.17, 15) is 4.79 Å². The molecule has 0 aromatic heterocycles. The number of thioether (sulfide) groups is 1. The van der Waals surface area contributed by atoms with Crippen LogP contribution in [0.5, 0.6) is 0 Å². The van der Waals surface area contributed by atoms with Crippen LogP contribution in [-0.4, -0.2) is 17.3 Å². The molecule has 0 aliphatic carbocycles. The van der Waals surface area contributed by atoms with Crippen molar-refractivity contribution >= 4 is 29.3 Å². The molecular weight excluding hydrogens is 172 g/mol. The summed E-state index contributed by atoms with van der Waals surface area (Å²) in [7, 11) is 0. The van der Waals surface area contributed by atoms with Gasteiger partial charge in [0.25, 0.3) is 0 Å². The predicted molar refractivity (Wildman–Crippen MR) is 44.1 cm³/mol. The highest BCUT2D eigenvalue weighted by Gasteiger charge is 2.03. The van der Waals surface area contributed by atoms with Gasteiger partial charge in [-0.2, -0.15) is 0 Å². The van der Waals surface area contributed by atoms with Crippen molar-refractivity contribution in [2.24, 2.45) is 0 Å². The quantitative estimate of drug-likeness (QED) is 0.489. The van der Waals surface area contributed by atoms with E-state index in [0.717, 1.165) is 0 Å². The van der Waals surface area contributed by atoms with Gasteiger partial charge in [-0.05, 0) is 5.41 Å². The highest BCUT2D eigenvalue weighted by Crippen LogP contribution is 2.15. The molecule has 0 fully saturated rings. The molecule has 0 aromatic carbocycles. The van der Waals surface area contributed by atoms with E-state index in [1.54, 1.807) is 5.41 Å². The van der Waals surface area contributed by atoms with Crippen molar-refractivity contribution in [1.82, 2.24) is 0 Å². The normalized spacial score (nSPS) is 12.2. The Kier molecular flexibility index (Phi) is 5.54. The zero-order valence-electron chi connectivity index (χ0n) is 5.67. The Hall–Kier alpha value is -0.150. The highest BCUT2D eigenvalue weighted by atomic mass is 35.5. The van der Waals surface area contributed by atoms with Crippen molar-refractivity contribution in [3.8, 4) is 0 Å². The van der Waals surface area contributed by atoms with Gasteiger partial charge in [-0.25, -0.2) is 0 Å². The molecule has 1 unspecified atom stereocenters. The van der Waals surface area contributed by atoms with E-state index in [4.69, 9.17) is 11.6 Å². The topological polar surface area (TPSA) is 26.3 Å². The number of esters is 1. The standard InChI is InChI=1S/C6H9ClO2S/c1-3-10-6(7)4-9-5(2)8/h3,6H,1,4H2,2H3. The first-order valence-corrected chi connectivity index (χ1v) is 4.08. The number of carbonyl (C=O) groups is 1. The first kappa shape index (κ1) is 9.85. The maximum Gasteiger partial charge on any atom is 0.302 e. The van der Waals surface area contributed by atoms with Crippen molar-refractivity contribution in [2.75, 3.05) is 6.61 Å². The van der Waals surface area contributed by atoms with Crippen molar-refractivity contribution in [3.05, 3.63) is 12.0 Å². The summed E-state index contributed by atoms with van der Waals surface area (Å²) in [6, 6.07) is 0. The summed E-state index contributed by atoms with van der Waals surface area (Å²) >= 11 is 6.96. The third kappa shape index (κ3) is 5.98. The molecule has 0 aliphatic heterocycles. The zero-order valence-corrected chi connectivity index (χ0v) is 7.24. The second kappa shape index (κ2) is 5.62. The van der Waals surface area contributed by atoms with Gasteiger partial charge in [0, 0.05) is 6.92 Å². The first-order valence-electron chi connectivity index (χ1n) is 2.70. The molecule has 0 aromatic rings. The van der Waals surface area contributed by atoms with Crippen LogP contribution in [0.15, 0.2) is 12.0 Å². The molecule has 0 bridgehead atoms. The lowest BCUT2D eigenvalue weighted by Crippen LogP contribution is -2.07. The lowest BCUT2D eigenvalue weighted by molar-refractivity contribution is -0.140. The van der Waals surface area contributed by atoms with Crippen LogP contribution in [0.4, 0.5) is 0 Å². The third-order valence-corrected chi connectivity index (χ3v) is 1.72. The minimum Gasteiger partial charge on any atom is -0.463 e. The third-order valence-electron chi connectivity index (χ3n) is 0.662. The van der Waals surface area contributed by atoms with Gasteiger partial charge >= 0.3 is 5.97 Å². The Morgan fingerprint density at radius 1 is 2.00 bits per heavy atom. The molecule has 1 atom stereocenters. The van der Waals surface area contributed by atoms with Crippen LogP contribution in [0.3, 0.4) is 0 Å². The molecule has 0 radical (unpaired) electrons. The van der Waals surface area contributed by atoms with Gasteiger partial charge < -0.3 is 4.74 Å². The predicted octanol–water partition coefficient (Wildman–Crippen LogP) is 1.99. The molecule has 0 heterocycles. The van der Waals surface area contributed by atoms with Crippen molar-refractivity contribution in [1.29, 1.82) is 0 Å². The Morgan fingerprint density at radius 2 is 2.60 bits per heavy atom. The average Bonchev–Trinajstić information content (AvgIpc) is 1.85. The van der Waals surface area contributed by atoms with Crippen LogP contribution in [0, 0.1) is 0 Å². The summed E-state index contributed by atoms with van der Waals surface area (Å²) in [5.41, 5.74) is 0. The summed E-state index contributed by atoms with van der Waals surface area (Å²) in [5, 5.41) is 1.61. The van der Waals surface area contributed by atoms with E-state index in [-0.39, 0.29) is 17.3 Å². The summed E-state index contributed by atoms with van der Waals surface area (Å²) in [4.78, 5) is 10.2. The van der Waals surface area contributed by atoms with E-state index in [1.807, 2.05) is 0 Å². The summed E-state index contributed by atoms with van der Waals surface area (Å²) in [5.74, 6) is -0.310. The van der Waals surface area contributed by atoms with Gasteiger partial charge in [0.15, 0.2) is 0 Å². The number of ether oxygens (including phenoxy) is 1. The van der Waals surface area contributed by atoms with Crippen LogP contribution >= 0.6 is 23.4 Å². The van der Waals surface area contributed by atoms with E-state index >= 15 is 0 Å². The number of carbonyl (C=O) groups excluding carboxylic acids is 1. The number of hydrogen-bond donors (Lipinski definition) is 0. The van der Waals surface area contributed by atoms with Gasteiger partial charge in [-0.15, -0.1) is 23.4 Å². The monoisotopic (exact) mass is 180 g/mol. The lowest BCUT2D eigenvalue weighted by Gasteiger charge is -2.04. The second-order valence-corrected chi connectivity index (χ2v) is 3.48. The van der Waals surface area contributed by atoms with Crippen LogP contribution < -0.4 is 0 Å². The number of halogens is 1. The van der Waals surface area contributed by atoms with Gasteiger partial charge in [0.1, 0.15) is 11.3 Å². The van der Waals surface area contributed by atoms with Crippen LogP contribution in [0.1, 0.15) is 6.92 Å². The molecule has 0 N–H and O–H groups in total. The highest BCUT2D eigenvalue weighted by molar-refractivity contribution is 8.03. The molecule has 0 saturated carbocycles. The molecule has 58 valence electrons. The molecular formula is C6H9ClO2S. The van der Waals surface area contributed by atoms with Crippen molar-refractivity contribution in [2.45, 2.75) is 11.6 Å². The number of hydrogen-bond acceptors (Lipinski definition) is 3. The zero-order chi connectivity index (χ0) is 7.98. The summed E-state index contributed by atoms with van der Waals surface area (Å²) in [6.45, 7) is 5.04. The summed E-state index contributed by atoms with van der Waals surface area (Å²) < 4.78 is 4.40. The largest absolute Gasteiger partial charge is 0.463 e. The lowest BCUT2D eigenvalue weighted by atomic mass is 10.8. The van der Waals surface area contributed by atoms with Crippen LogP contribution in [0.2, 0.25) is 0 Å². The maximum atomic E-state index is 10.2. The van der Waals surface area contributed by atoms with Crippen LogP contribution in [0.25, 0.3) is 0 Å². The molecule has 4 heteroatoms. The first-order chi connectivity index (χ1) is 4.66. The SMILES string of the molecule is C=CSC(Cl)COC(C)=O. The second-order valence-electron chi connectivity index (χ2n) is 1.52. The van der Waals surface area contributed by atoms with E-state index in [1.165, 1.54) is 18.7 Å². The number of alkyl halides is 1. The summed E-state index contributed by atoms with van der Waals surface area (Å²) in [6.07, 6.45) is 0. The fraction of sp³-hybridized carbons (Fsp3) is 0.500. The Morgan fingerprint density at radius 3 is 3.00 bits per heavy atom. The molecule has 10 heavy (non-hydrogen) atoms. The van der Waals surface area contributed by atoms with Crippen LogP contribution in [-0.2, 0) is 9.53 Å². The Labute approximate surface area is 69.6 Å². The van der Waals surface area contributed by atoms with Crippen molar-refractivity contribution < 1.29 is 9.53 Å². The Bertz CT molecular complexity index is 127. The van der Waals surface area contributed by atoms with E-state index in [0.29, 0.717) is 0 Å². The van der Waals surface area contributed by atoms with Gasteiger partial charge in [-0.3, -0.25) is 4.79 Å². The molecule has 2 nitrogen and oxygen atoms in total. The molecule has 0 amide bonds. The minimum absolute atomic E-state index is 0.221. The van der Waals surface area contributed by atoms with E-state index in [2.05, 4.69) is 11.3 Å². The van der Waals surface area contributed by atoms with E-state index < -0.39 is 0 Å². The molecule has 0 saturated heterocycles. The van der Waals surface area contributed by atoms with Gasteiger partial charge in [0.2, 0.25) is 0 Å². The maximum absolute atomic E-state index is 10.2. The molecule has 0 rings (SSSR count). The Balaban J connectivity index is 3.29. The fourth-order valence-electron chi connectivity index (χ4n) is 0.327. The van der Waals surface area contributed by atoms with Gasteiger partial charge in [-0.1, -0.05) is 6.58 Å². The fourth-order valence-corrected chi connectivity index (χ4v) is 0.963. The van der Waals surface area contributed by atoms with Crippen molar-refractivity contribution in [3.63, 3.8) is 0 Å². The molecule has 0 spiro atoms. The average molecular weight is 181 g/mol. The number of rotatable bonds is 4. The van der Waals surface area contributed by atoms with Gasteiger partial charge in [0.05, 0.1) is 0 Å².